The normalized spacial score (nSPS) is 15.6. The highest BCUT2D eigenvalue weighted by Gasteiger charge is 2.16. The van der Waals surface area contributed by atoms with Gasteiger partial charge in [0, 0.05) is 31.9 Å². The Morgan fingerprint density at radius 1 is 1.33 bits per heavy atom. The van der Waals surface area contributed by atoms with Gasteiger partial charge in [-0.3, -0.25) is 0 Å². The first-order valence-electron chi connectivity index (χ1n) is 7.36. The summed E-state index contributed by atoms with van der Waals surface area (Å²) in [6, 6.07) is 9.99. The molecule has 0 aliphatic carbocycles. The predicted octanol–water partition coefficient (Wildman–Crippen LogP) is 2.32. The Bertz CT molecular complexity index is 642. The first kappa shape index (κ1) is 13.9. The van der Waals surface area contributed by atoms with Crippen molar-refractivity contribution >= 4 is 11.5 Å². The number of benzene rings is 1. The number of anilines is 2. The number of rotatable bonds is 3. The van der Waals surface area contributed by atoms with Gasteiger partial charge in [0.2, 0.25) is 0 Å². The van der Waals surface area contributed by atoms with Gasteiger partial charge in [-0.1, -0.05) is 12.1 Å². The highest BCUT2D eigenvalue weighted by atomic mass is 16.3. The number of nitrogens with two attached hydrogens (primary N) is 1. The zero-order valence-electron chi connectivity index (χ0n) is 12.3. The number of fused-ring (bicyclic) bond motifs is 1. The van der Waals surface area contributed by atoms with Crippen LogP contribution in [0, 0.1) is 0 Å². The Balaban J connectivity index is 1.80. The molecule has 0 saturated carbocycles. The van der Waals surface area contributed by atoms with Crippen molar-refractivity contribution < 1.29 is 5.11 Å². The minimum atomic E-state index is -0.510. The molecule has 2 heterocycles. The molecule has 2 aromatic rings. The van der Waals surface area contributed by atoms with Gasteiger partial charge in [0.15, 0.2) is 0 Å². The Morgan fingerprint density at radius 3 is 3.00 bits per heavy atom. The van der Waals surface area contributed by atoms with Crippen LogP contribution in [0.2, 0.25) is 0 Å². The van der Waals surface area contributed by atoms with E-state index in [1.165, 1.54) is 17.7 Å². The number of pyridine rings is 1. The molecule has 21 heavy (non-hydrogen) atoms. The molecule has 3 N–H and O–H groups in total. The van der Waals surface area contributed by atoms with E-state index < -0.39 is 6.10 Å². The van der Waals surface area contributed by atoms with Gasteiger partial charge in [-0.25, -0.2) is 4.98 Å². The standard InChI is InChI=1S/C17H21N3O/c1-20-8-2-3-13-11-14(4-5-15(13)20)16(21)9-12-6-7-19-17(18)10-12/h4-7,10-11,16,21H,2-3,8-9H2,1H3,(H2,18,19). The van der Waals surface area contributed by atoms with Crippen molar-refractivity contribution in [3.63, 3.8) is 0 Å². The molecule has 1 aliphatic rings. The van der Waals surface area contributed by atoms with Gasteiger partial charge < -0.3 is 15.7 Å². The van der Waals surface area contributed by atoms with Crippen LogP contribution in [0.4, 0.5) is 11.5 Å². The Morgan fingerprint density at radius 2 is 2.19 bits per heavy atom. The van der Waals surface area contributed by atoms with E-state index in [0.29, 0.717) is 12.2 Å². The third kappa shape index (κ3) is 3.00. The number of aromatic nitrogens is 1. The maximum Gasteiger partial charge on any atom is 0.123 e. The summed E-state index contributed by atoms with van der Waals surface area (Å²) in [5.74, 6) is 0.492. The van der Waals surface area contributed by atoms with Crippen LogP contribution in [0.1, 0.15) is 29.2 Å². The first-order chi connectivity index (χ1) is 10.1. The second-order valence-corrected chi connectivity index (χ2v) is 5.72. The number of aryl methyl sites for hydroxylation is 1. The minimum absolute atomic E-state index is 0.492. The molecular weight excluding hydrogens is 262 g/mol. The minimum Gasteiger partial charge on any atom is -0.388 e. The third-order valence-electron chi connectivity index (χ3n) is 4.11. The van der Waals surface area contributed by atoms with Gasteiger partial charge in [-0.05, 0) is 47.7 Å². The number of hydrogen-bond acceptors (Lipinski definition) is 4. The van der Waals surface area contributed by atoms with Crippen molar-refractivity contribution in [2.24, 2.45) is 0 Å². The zero-order valence-corrected chi connectivity index (χ0v) is 12.3. The third-order valence-corrected chi connectivity index (χ3v) is 4.11. The molecule has 1 aliphatic heterocycles. The summed E-state index contributed by atoms with van der Waals surface area (Å²) in [5.41, 5.74) is 10.3. The van der Waals surface area contributed by atoms with Crippen molar-refractivity contribution in [1.29, 1.82) is 0 Å². The summed E-state index contributed by atoms with van der Waals surface area (Å²) >= 11 is 0. The van der Waals surface area contributed by atoms with Crippen molar-refractivity contribution in [3.05, 3.63) is 53.2 Å². The van der Waals surface area contributed by atoms with Crippen molar-refractivity contribution in [3.8, 4) is 0 Å². The smallest absolute Gasteiger partial charge is 0.123 e. The van der Waals surface area contributed by atoms with Crippen LogP contribution in [0.15, 0.2) is 36.5 Å². The Labute approximate surface area is 125 Å². The van der Waals surface area contributed by atoms with Crippen LogP contribution in [0.3, 0.4) is 0 Å². The van der Waals surface area contributed by atoms with Gasteiger partial charge >= 0.3 is 0 Å². The van der Waals surface area contributed by atoms with Crippen LogP contribution >= 0.6 is 0 Å². The molecule has 0 fully saturated rings. The summed E-state index contributed by atoms with van der Waals surface area (Å²) in [6.07, 6.45) is 3.98. The van der Waals surface area contributed by atoms with Gasteiger partial charge in [0.05, 0.1) is 6.10 Å². The number of aliphatic hydroxyl groups is 1. The molecule has 1 unspecified atom stereocenters. The van der Waals surface area contributed by atoms with Crippen LogP contribution < -0.4 is 10.6 Å². The van der Waals surface area contributed by atoms with Crippen molar-refractivity contribution in [2.75, 3.05) is 24.2 Å². The van der Waals surface area contributed by atoms with Crippen molar-refractivity contribution in [1.82, 2.24) is 4.98 Å². The average molecular weight is 283 g/mol. The maximum atomic E-state index is 10.5. The second-order valence-electron chi connectivity index (χ2n) is 5.72. The lowest BCUT2D eigenvalue weighted by molar-refractivity contribution is 0.178. The van der Waals surface area contributed by atoms with Crippen LogP contribution in [0.25, 0.3) is 0 Å². The average Bonchev–Trinajstić information content (AvgIpc) is 2.47. The highest BCUT2D eigenvalue weighted by molar-refractivity contribution is 5.56. The molecule has 110 valence electrons. The first-order valence-corrected chi connectivity index (χ1v) is 7.36. The topological polar surface area (TPSA) is 62.4 Å². The molecule has 0 amide bonds. The quantitative estimate of drug-likeness (QED) is 0.907. The molecule has 3 rings (SSSR count). The Kier molecular flexibility index (Phi) is 3.80. The summed E-state index contributed by atoms with van der Waals surface area (Å²) < 4.78 is 0. The highest BCUT2D eigenvalue weighted by Crippen LogP contribution is 2.29. The van der Waals surface area contributed by atoms with E-state index in [4.69, 9.17) is 5.73 Å². The fourth-order valence-corrected chi connectivity index (χ4v) is 2.97. The Hall–Kier alpha value is -2.07. The summed E-state index contributed by atoms with van der Waals surface area (Å²) in [6.45, 7) is 1.10. The van der Waals surface area contributed by atoms with Gasteiger partial charge in [0.25, 0.3) is 0 Å². The second kappa shape index (κ2) is 5.74. The monoisotopic (exact) mass is 283 g/mol. The van der Waals surface area contributed by atoms with Gasteiger partial charge in [-0.15, -0.1) is 0 Å². The summed E-state index contributed by atoms with van der Waals surface area (Å²) in [5, 5.41) is 10.5. The van der Waals surface area contributed by atoms with E-state index in [0.717, 1.165) is 24.1 Å². The lowest BCUT2D eigenvalue weighted by Crippen LogP contribution is -2.24. The van der Waals surface area contributed by atoms with E-state index >= 15 is 0 Å². The van der Waals surface area contributed by atoms with E-state index in [9.17, 15) is 5.11 Å². The SMILES string of the molecule is CN1CCCc2cc(C(O)Cc3ccnc(N)c3)ccc21. The van der Waals surface area contributed by atoms with E-state index in [1.807, 2.05) is 18.2 Å². The molecule has 0 radical (unpaired) electrons. The lowest BCUT2D eigenvalue weighted by atomic mass is 9.95. The van der Waals surface area contributed by atoms with E-state index in [-0.39, 0.29) is 0 Å². The van der Waals surface area contributed by atoms with E-state index in [2.05, 4.69) is 29.1 Å². The van der Waals surface area contributed by atoms with Gasteiger partial charge in [0.1, 0.15) is 5.82 Å². The van der Waals surface area contributed by atoms with E-state index in [1.54, 1.807) is 6.20 Å². The molecular formula is C17H21N3O. The van der Waals surface area contributed by atoms with Crippen LogP contribution in [-0.2, 0) is 12.8 Å². The zero-order chi connectivity index (χ0) is 14.8. The fourth-order valence-electron chi connectivity index (χ4n) is 2.97. The number of nitrogen functional groups attached to an aromatic ring is 1. The number of hydrogen-bond donors (Lipinski definition) is 2. The molecule has 4 heteroatoms. The molecule has 0 bridgehead atoms. The number of aliphatic hydroxyl groups excluding tert-OH is 1. The molecule has 1 aromatic heterocycles. The summed E-state index contributed by atoms with van der Waals surface area (Å²) in [7, 11) is 2.12. The molecule has 4 nitrogen and oxygen atoms in total. The fraction of sp³-hybridized carbons (Fsp3) is 0.353. The van der Waals surface area contributed by atoms with Gasteiger partial charge in [-0.2, -0.15) is 0 Å². The predicted molar refractivity (Wildman–Crippen MR) is 85.3 cm³/mol. The molecule has 1 atom stereocenters. The van der Waals surface area contributed by atoms with Crippen LogP contribution in [-0.4, -0.2) is 23.7 Å². The largest absolute Gasteiger partial charge is 0.388 e. The maximum absolute atomic E-state index is 10.5. The molecule has 0 spiro atoms. The van der Waals surface area contributed by atoms with Crippen molar-refractivity contribution in [2.45, 2.75) is 25.4 Å². The van der Waals surface area contributed by atoms with Crippen LogP contribution in [0.5, 0.6) is 0 Å². The summed E-state index contributed by atoms with van der Waals surface area (Å²) in [4.78, 5) is 6.25. The number of nitrogens with zero attached hydrogens (tertiary/aromatic N) is 2. The molecule has 0 saturated heterocycles. The molecule has 1 aromatic carbocycles. The lowest BCUT2D eigenvalue weighted by Gasteiger charge is -2.28.